The fraction of sp³-hybridized carbons (Fsp3) is 0.625. The molecule has 2 rings (SSSR count). The van der Waals surface area contributed by atoms with Crippen molar-refractivity contribution >= 4 is 15.9 Å². The summed E-state index contributed by atoms with van der Waals surface area (Å²) in [6.07, 6.45) is 3.82. The van der Waals surface area contributed by atoms with E-state index in [9.17, 15) is 10.2 Å². The molecule has 1 fully saturated rings. The molecule has 0 atom stereocenters. The van der Waals surface area contributed by atoms with Crippen molar-refractivity contribution in [2.45, 2.75) is 51.7 Å². The summed E-state index contributed by atoms with van der Waals surface area (Å²) >= 11 is 3.31. The van der Waals surface area contributed by atoms with E-state index in [1.165, 1.54) is 0 Å². The van der Waals surface area contributed by atoms with E-state index in [-0.39, 0.29) is 5.75 Å². The Balaban J connectivity index is 1.85. The van der Waals surface area contributed by atoms with Gasteiger partial charge < -0.3 is 15.5 Å². The molecule has 0 radical (unpaired) electrons. The molecule has 0 aromatic heterocycles. The Morgan fingerprint density at radius 1 is 1.20 bits per heavy atom. The van der Waals surface area contributed by atoms with E-state index in [0.717, 1.165) is 31.2 Å². The van der Waals surface area contributed by atoms with Crippen LogP contribution in [0.3, 0.4) is 0 Å². The zero-order valence-corrected chi connectivity index (χ0v) is 13.8. The predicted molar refractivity (Wildman–Crippen MR) is 84.7 cm³/mol. The molecule has 1 aromatic carbocycles. The quantitative estimate of drug-likeness (QED) is 0.784. The highest BCUT2D eigenvalue weighted by Crippen LogP contribution is 2.39. The number of aliphatic hydroxyl groups is 1. The Bertz CT molecular complexity index is 464. The van der Waals surface area contributed by atoms with E-state index in [4.69, 9.17) is 0 Å². The van der Waals surface area contributed by atoms with Gasteiger partial charge in [0.05, 0.1) is 10.1 Å². The summed E-state index contributed by atoms with van der Waals surface area (Å²) in [7, 11) is 0. The summed E-state index contributed by atoms with van der Waals surface area (Å²) in [5.74, 6) is 0.275. The summed E-state index contributed by atoms with van der Waals surface area (Å²) in [5.41, 5.74) is 0.602. The minimum Gasteiger partial charge on any atom is -0.506 e. The summed E-state index contributed by atoms with van der Waals surface area (Å²) in [5, 5.41) is 23.8. The lowest BCUT2D eigenvalue weighted by Gasteiger charge is -2.40. The van der Waals surface area contributed by atoms with Gasteiger partial charge in [0.1, 0.15) is 5.75 Å². The second kappa shape index (κ2) is 6.04. The second-order valence-corrected chi connectivity index (χ2v) is 7.59. The Kier molecular flexibility index (Phi) is 4.77. The first kappa shape index (κ1) is 15.8. The minimum atomic E-state index is -0.600. The zero-order valence-electron chi connectivity index (χ0n) is 12.2. The average Bonchev–Trinajstić information content (AvgIpc) is 2.39. The van der Waals surface area contributed by atoms with Crippen LogP contribution in [0, 0.1) is 5.41 Å². The van der Waals surface area contributed by atoms with Gasteiger partial charge in [0, 0.05) is 18.7 Å². The first-order chi connectivity index (χ1) is 9.31. The molecule has 0 bridgehead atoms. The maximum absolute atomic E-state index is 10.6. The molecule has 0 unspecified atom stereocenters. The number of benzene rings is 1. The molecular formula is C16H24BrNO2. The maximum atomic E-state index is 10.6. The molecule has 0 spiro atoms. The van der Waals surface area contributed by atoms with Gasteiger partial charge in [0.2, 0.25) is 0 Å². The minimum absolute atomic E-state index is 0.275. The van der Waals surface area contributed by atoms with Crippen molar-refractivity contribution in [3.8, 4) is 5.75 Å². The van der Waals surface area contributed by atoms with Gasteiger partial charge >= 0.3 is 0 Å². The van der Waals surface area contributed by atoms with Gasteiger partial charge in [-0.05, 0) is 53.1 Å². The Hall–Kier alpha value is -0.580. The van der Waals surface area contributed by atoms with Crippen molar-refractivity contribution in [1.82, 2.24) is 5.32 Å². The predicted octanol–water partition coefficient (Wildman–Crippen LogP) is 3.58. The lowest BCUT2D eigenvalue weighted by Crippen LogP contribution is -2.44. The summed E-state index contributed by atoms with van der Waals surface area (Å²) in [6.45, 7) is 5.67. The monoisotopic (exact) mass is 341 g/mol. The van der Waals surface area contributed by atoms with Crippen LogP contribution in [0.25, 0.3) is 0 Å². The van der Waals surface area contributed by atoms with Gasteiger partial charge in [0.25, 0.3) is 0 Å². The number of nitrogens with one attached hydrogen (secondary N) is 1. The van der Waals surface area contributed by atoms with Crippen LogP contribution in [-0.2, 0) is 6.54 Å². The highest BCUT2D eigenvalue weighted by atomic mass is 79.9. The smallest absolute Gasteiger partial charge is 0.134 e. The molecule has 20 heavy (non-hydrogen) atoms. The van der Waals surface area contributed by atoms with E-state index in [1.807, 2.05) is 18.2 Å². The SMILES string of the molecule is CC1(C)CCC(O)(CNCc2cccc(Br)c2O)CC1. The lowest BCUT2D eigenvalue weighted by atomic mass is 9.71. The Morgan fingerprint density at radius 3 is 2.50 bits per heavy atom. The lowest BCUT2D eigenvalue weighted by molar-refractivity contribution is -0.0245. The van der Waals surface area contributed by atoms with Gasteiger partial charge in [-0.3, -0.25) is 0 Å². The second-order valence-electron chi connectivity index (χ2n) is 6.74. The number of hydrogen-bond donors (Lipinski definition) is 3. The molecule has 1 aliphatic rings. The highest BCUT2D eigenvalue weighted by Gasteiger charge is 2.36. The van der Waals surface area contributed by atoms with Crippen LogP contribution in [0.2, 0.25) is 0 Å². The maximum Gasteiger partial charge on any atom is 0.134 e. The fourth-order valence-electron chi connectivity index (χ4n) is 2.70. The normalized spacial score (nSPS) is 20.8. The summed E-state index contributed by atoms with van der Waals surface area (Å²) in [6, 6.07) is 5.61. The third-order valence-electron chi connectivity index (χ3n) is 4.37. The molecule has 0 aliphatic heterocycles. The first-order valence-electron chi connectivity index (χ1n) is 7.21. The third-order valence-corrected chi connectivity index (χ3v) is 5.01. The van der Waals surface area contributed by atoms with Gasteiger partial charge in [-0.15, -0.1) is 0 Å². The van der Waals surface area contributed by atoms with Gasteiger partial charge in [0.15, 0.2) is 0 Å². The first-order valence-corrected chi connectivity index (χ1v) is 8.00. The van der Waals surface area contributed by atoms with Crippen LogP contribution in [0.4, 0.5) is 0 Å². The third kappa shape index (κ3) is 3.96. The van der Waals surface area contributed by atoms with Crippen LogP contribution in [-0.4, -0.2) is 22.4 Å². The Morgan fingerprint density at radius 2 is 1.85 bits per heavy atom. The summed E-state index contributed by atoms with van der Waals surface area (Å²) < 4.78 is 0.704. The fourth-order valence-corrected chi connectivity index (χ4v) is 3.11. The molecule has 3 N–H and O–H groups in total. The van der Waals surface area contributed by atoms with Crippen LogP contribution < -0.4 is 5.32 Å². The van der Waals surface area contributed by atoms with Crippen molar-refractivity contribution in [3.63, 3.8) is 0 Å². The molecular weight excluding hydrogens is 318 g/mol. The van der Waals surface area contributed by atoms with Gasteiger partial charge in [-0.2, -0.15) is 0 Å². The molecule has 0 amide bonds. The highest BCUT2D eigenvalue weighted by molar-refractivity contribution is 9.10. The van der Waals surface area contributed by atoms with Gasteiger partial charge in [-0.25, -0.2) is 0 Å². The van der Waals surface area contributed by atoms with Crippen molar-refractivity contribution in [3.05, 3.63) is 28.2 Å². The number of aromatic hydroxyl groups is 1. The molecule has 112 valence electrons. The van der Waals surface area contributed by atoms with Crippen LogP contribution in [0.5, 0.6) is 5.75 Å². The van der Waals surface area contributed by atoms with E-state index in [0.29, 0.717) is 23.0 Å². The number of halogens is 1. The van der Waals surface area contributed by atoms with E-state index >= 15 is 0 Å². The number of para-hydroxylation sites is 1. The molecule has 4 heteroatoms. The molecule has 0 heterocycles. The molecule has 1 saturated carbocycles. The van der Waals surface area contributed by atoms with Crippen molar-refractivity contribution in [2.24, 2.45) is 5.41 Å². The molecule has 1 aliphatic carbocycles. The molecule has 0 saturated heterocycles. The van der Waals surface area contributed by atoms with E-state index in [2.05, 4.69) is 35.1 Å². The Labute approximate surface area is 129 Å². The van der Waals surface area contributed by atoms with Crippen LogP contribution in [0.15, 0.2) is 22.7 Å². The van der Waals surface area contributed by atoms with Crippen LogP contribution >= 0.6 is 15.9 Å². The van der Waals surface area contributed by atoms with Crippen molar-refractivity contribution in [2.75, 3.05) is 6.54 Å². The number of phenols is 1. The van der Waals surface area contributed by atoms with E-state index < -0.39 is 5.60 Å². The van der Waals surface area contributed by atoms with E-state index in [1.54, 1.807) is 0 Å². The molecule has 3 nitrogen and oxygen atoms in total. The van der Waals surface area contributed by atoms with Crippen molar-refractivity contribution < 1.29 is 10.2 Å². The summed E-state index contributed by atoms with van der Waals surface area (Å²) in [4.78, 5) is 0. The number of phenolic OH excluding ortho intramolecular Hbond substituents is 1. The van der Waals surface area contributed by atoms with Gasteiger partial charge in [-0.1, -0.05) is 26.0 Å². The van der Waals surface area contributed by atoms with Crippen molar-refractivity contribution in [1.29, 1.82) is 0 Å². The number of hydrogen-bond acceptors (Lipinski definition) is 3. The zero-order chi connectivity index (χ0) is 14.8. The standard InChI is InChI=1S/C16H24BrNO2/c1-15(2)6-8-16(20,9-7-15)11-18-10-12-4-3-5-13(17)14(12)19/h3-5,18-20H,6-11H2,1-2H3. The average molecular weight is 342 g/mol. The number of rotatable bonds is 4. The largest absolute Gasteiger partial charge is 0.506 e. The van der Waals surface area contributed by atoms with Crippen LogP contribution in [0.1, 0.15) is 45.1 Å². The topological polar surface area (TPSA) is 52.5 Å². The molecule has 1 aromatic rings.